The molecule has 1 amide bonds. The zero-order chi connectivity index (χ0) is 17.9. The van der Waals surface area contributed by atoms with Gasteiger partial charge in [0.15, 0.2) is 5.82 Å². The summed E-state index contributed by atoms with van der Waals surface area (Å²) in [6, 6.07) is 3.79. The van der Waals surface area contributed by atoms with Crippen LogP contribution in [-0.2, 0) is 11.8 Å². The molecule has 0 radical (unpaired) electrons. The third kappa shape index (κ3) is 3.55. The number of carbonyl (C=O) groups excluding carboxylic acids is 1. The largest absolute Gasteiger partial charge is 0.377 e. The highest BCUT2D eigenvalue weighted by Gasteiger charge is 2.32. The summed E-state index contributed by atoms with van der Waals surface area (Å²) in [6.07, 6.45) is 8.39. The summed E-state index contributed by atoms with van der Waals surface area (Å²) in [5.41, 5.74) is 0.430. The number of anilines is 1. The maximum absolute atomic E-state index is 12.9. The summed E-state index contributed by atoms with van der Waals surface area (Å²) in [7, 11) is 1.80. The average Bonchev–Trinajstić information content (AvgIpc) is 3.33. The number of morpholine rings is 1. The molecule has 1 aliphatic heterocycles. The van der Waals surface area contributed by atoms with Crippen LogP contribution in [-0.4, -0.2) is 56.4 Å². The van der Waals surface area contributed by atoms with E-state index in [2.05, 4.69) is 20.4 Å². The molecule has 1 saturated heterocycles. The number of aryl methyl sites for hydroxylation is 1. The maximum Gasteiger partial charge on any atom is 0.275 e. The number of hydrogen-bond acceptors (Lipinski definition) is 6. The molecular weight excluding hydrogens is 332 g/mol. The molecule has 0 spiro atoms. The van der Waals surface area contributed by atoms with Crippen molar-refractivity contribution in [1.29, 1.82) is 0 Å². The van der Waals surface area contributed by atoms with Crippen LogP contribution in [0.4, 0.5) is 5.82 Å². The zero-order valence-electron chi connectivity index (χ0n) is 15.0. The lowest BCUT2D eigenvalue weighted by atomic mass is 10.2. The zero-order valence-corrected chi connectivity index (χ0v) is 15.0. The van der Waals surface area contributed by atoms with Gasteiger partial charge < -0.3 is 15.0 Å². The van der Waals surface area contributed by atoms with E-state index in [-0.39, 0.29) is 11.9 Å². The van der Waals surface area contributed by atoms with Crippen molar-refractivity contribution in [2.75, 3.05) is 25.1 Å². The van der Waals surface area contributed by atoms with Crippen molar-refractivity contribution in [3.63, 3.8) is 0 Å². The van der Waals surface area contributed by atoms with Crippen molar-refractivity contribution in [2.45, 2.75) is 37.8 Å². The number of ether oxygens (including phenoxy) is 1. The van der Waals surface area contributed by atoms with Crippen molar-refractivity contribution in [3.05, 3.63) is 36.0 Å². The van der Waals surface area contributed by atoms with Gasteiger partial charge in [0.2, 0.25) is 0 Å². The Kier molecular flexibility index (Phi) is 4.83. The highest BCUT2D eigenvalue weighted by Crippen LogP contribution is 2.25. The van der Waals surface area contributed by atoms with Crippen LogP contribution in [0.15, 0.2) is 24.5 Å². The van der Waals surface area contributed by atoms with Gasteiger partial charge in [-0.15, -0.1) is 0 Å². The van der Waals surface area contributed by atoms with Crippen LogP contribution in [0, 0.1) is 0 Å². The molecule has 1 aliphatic carbocycles. The molecule has 3 heterocycles. The lowest BCUT2D eigenvalue weighted by Crippen LogP contribution is -2.44. The van der Waals surface area contributed by atoms with Gasteiger partial charge in [0, 0.05) is 32.0 Å². The molecule has 8 heteroatoms. The van der Waals surface area contributed by atoms with Crippen LogP contribution < -0.4 is 5.32 Å². The summed E-state index contributed by atoms with van der Waals surface area (Å²) in [5, 5.41) is 7.72. The molecule has 2 aliphatic rings. The highest BCUT2D eigenvalue weighted by atomic mass is 16.5. The summed E-state index contributed by atoms with van der Waals surface area (Å²) in [5.74, 6) is 1.31. The Morgan fingerprint density at radius 3 is 2.92 bits per heavy atom. The number of nitrogens with zero attached hydrogens (tertiary/aromatic N) is 5. The van der Waals surface area contributed by atoms with Gasteiger partial charge in [-0.1, -0.05) is 12.8 Å². The lowest BCUT2D eigenvalue weighted by Gasteiger charge is -2.34. The second kappa shape index (κ2) is 7.41. The predicted octanol–water partition coefficient (Wildman–Crippen LogP) is 1.78. The fourth-order valence-electron chi connectivity index (χ4n) is 3.63. The molecule has 2 fully saturated rings. The Balaban J connectivity index is 1.55. The minimum absolute atomic E-state index is 0.114. The first-order valence-corrected chi connectivity index (χ1v) is 9.18. The SMILES string of the molecule is Cn1ccc(C(=O)N2CCOC[C@@H]2c2nccc(NC3CCCC3)n2)n1. The van der Waals surface area contributed by atoms with E-state index in [4.69, 9.17) is 4.74 Å². The van der Waals surface area contributed by atoms with Crippen molar-refractivity contribution in [2.24, 2.45) is 7.05 Å². The Morgan fingerprint density at radius 1 is 1.31 bits per heavy atom. The van der Waals surface area contributed by atoms with Gasteiger partial charge in [-0.05, 0) is 25.0 Å². The van der Waals surface area contributed by atoms with Gasteiger partial charge >= 0.3 is 0 Å². The Labute approximate surface area is 152 Å². The molecule has 1 saturated carbocycles. The number of amides is 1. The molecule has 8 nitrogen and oxygen atoms in total. The van der Waals surface area contributed by atoms with Crippen LogP contribution in [0.5, 0.6) is 0 Å². The molecule has 0 aromatic carbocycles. The second-order valence-corrected chi connectivity index (χ2v) is 6.89. The van der Waals surface area contributed by atoms with E-state index >= 15 is 0 Å². The minimum atomic E-state index is -0.302. The number of aromatic nitrogens is 4. The molecule has 2 aromatic heterocycles. The number of nitrogens with one attached hydrogen (secondary N) is 1. The van der Waals surface area contributed by atoms with E-state index in [1.807, 2.05) is 6.07 Å². The monoisotopic (exact) mass is 356 g/mol. The number of rotatable bonds is 4. The fourth-order valence-corrected chi connectivity index (χ4v) is 3.63. The Hall–Kier alpha value is -2.48. The summed E-state index contributed by atoms with van der Waals surface area (Å²) >= 11 is 0. The van der Waals surface area contributed by atoms with Gasteiger partial charge in [0.25, 0.3) is 5.91 Å². The first-order valence-electron chi connectivity index (χ1n) is 9.18. The van der Waals surface area contributed by atoms with E-state index in [0.717, 1.165) is 5.82 Å². The second-order valence-electron chi connectivity index (χ2n) is 6.89. The van der Waals surface area contributed by atoms with E-state index in [0.29, 0.717) is 37.3 Å². The summed E-state index contributed by atoms with van der Waals surface area (Å²) < 4.78 is 7.24. The standard InChI is InChI=1S/C18H24N6O2/c1-23-9-7-14(22-23)18(25)24-10-11-26-12-15(24)17-19-8-6-16(21-17)20-13-4-2-3-5-13/h6-9,13,15H,2-5,10-12H2,1H3,(H,19,20,21)/t15-/m1/s1. The van der Waals surface area contributed by atoms with Gasteiger partial charge in [-0.25, -0.2) is 9.97 Å². The highest BCUT2D eigenvalue weighted by molar-refractivity contribution is 5.92. The molecule has 2 aromatic rings. The first kappa shape index (κ1) is 17.0. The summed E-state index contributed by atoms with van der Waals surface area (Å²) in [4.78, 5) is 23.7. The fraction of sp³-hybridized carbons (Fsp3) is 0.556. The van der Waals surface area contributed by atoms with Crippen molar-refractivity contribution < 1.29 is 9.53 Å². The van der Waals surface area contributed by atoms with Crippen LogP contribution in [0.2, 0.25) is 0 Å². The van der Waals surface area contributed by atoms with Gasteiger partial charge in [0.1, 0.15) is 17.6 Å². The third-order valence-corrected chi connectivity index (χ3v) is 5.00. The molecule has 1 N–H and O–H groups in total. The van der Waals surface area contributed by atoms with E-state index in [1.54, 1.807) is 35.1 Å². The third-order valence-electron chi connectivity index (χ3n) is 5.00. The van der Waals surface area contributed by atoms with Gasteiger partial charge in [-0.3, -0.25) is 9.48 Å². The molecule has 0 unspecified atom stereocenters. The quantitative estimate of drug-likeness (QED) is 0.899. The predicted molar refractivity (Wildman–Crippen MR) is 95.7 cm³/mol. The van der Waals surface area contributed by atoms with Crippen LogP contribution in [0.1, 0.15) is 48.0 Å². The van der Waals surface area contributed by atoms with Crippen LogP contribution in [0.3, 0.4) is 0 Å². The van der Waals surface area contributed by atoms with E-state index < -0.39 is 0 Å². The van der Waals surface area contributed by atoms with Crippen molar-refractivity contribution in [3.8, 4) is 0 Å². The average molecular weight is 356 g/mol. The molecule has 1 atom stereocenters. The molecule has 4 rings (SSSR count). The summed E-state index contributed by atoms with van der Waals surface area (Å²) in [6.45, 7) is 1.41. The van der Waals surface area contributed by atoms with Crippen LogP contribution >= 0.6 is 0 Å². The lowest BCUT2D eigenvalue weighted by molar-refractivity contribution is -0.00553. The minimum Gasteiger partial charge on any atom is -0.377 e. The number of hydrogen-bond donors (Lipinski definition) is 1. The Morgan fingerprint density at radius 2 is 2.15 bits per heavy atom. The molecule has 26 heavy (non-hydrogen) atoms. The van der Waals surface area contributed by atoms with Crippen molar-refractivity contribution in [1.82, 2.24) is 24.6 Å². The van der Waals surface area contributed by atoms with Crippen LogP contribution in [0.25, 0.3) is 0 Å². The van der Waals surface area contributed by atoms with Gasteiger partial charge in [-0.2, -0.15) is 5.10 Å². The van der Waals surface area contributed by atoms with E-state index in [1.165, 1.54) is 25.7 Å². The maximum atomic E-state index is 12.9. The van der Waals surface area contributed by atoms with Gasteiger partial charge in [0.05, 0.1) is 13.2 Å². The molecule has 138 valence electrons. The molecule has 0 bridgehead atoms. The topological polar surface area (TPSA) is 85.2 Å². The van der Waals surface area contributed by atoms with Crippen molar-refractivity contribution >= 4 is 11.7 Å². The normalized spacial score (nSPS) is 21.1. The van der Waals surface area contributed by atoms with E-state index in [9.17, 15) is 4.79 Å². The molecular formula is C18H24N6O2. The Bertz CT molecular complexity index is 771. The number of carbonyl (C=O) groups is 1. The smallest absolute Gasteiger partial charge is 0.275 e. The first-order chi connectivity index (χ1) is 12.7.